The van der Waals surface area contributed by atoms with Gasteiger partial charge in [0, 0.05) is 36.5 Å². The highest BCUT2D eigenvalue weighted by molar-refractivity contribution is 5.67. The van der Waals surface area contributed by atoms with E-state index in [9.17, 15) is 18.0 Å². The first kappa shape index (κ1) is 25.7. The molecule has 1 atom stereocenters. The normalized spacial score (nSPS) is 14.6. The van der Waals surface area contributed by atoms with Crippen molar-refractivity contribution in [3.8, 4) is 28.7 Å². The smallest absolute Gasteiger partial charge is 0.434 e. The molecular weight excluding hydrogens is 525 g/mol. The molecule has 4 heterocycles. The Balaban J connectivity index is 1.39. The van der Waals surface area contributed by atoms with E-state index < -0.39 is 17.9 Å². The summed E-state index contributed by atoms with van der Waals surface area (Å²) in [4.78, 5) is 30.3. The van der Waals surface area contributed by atoms with E-state index in [4.69, 9.17) is 9.72 Å². The zero-order valence-corrected chi connectivity index (χ0v) is 21.9. The quantitative estimate of drug-likeness (QED) is 0.288. The number of benzene rings is 1. The number of fused-ring (bicyclic) bond motifs is 1. The Labute approximate surface area is 226 Å². The lowest BCUT2D eigenvalue weighted by atomic mass is 10.1. The van der Waals surface area contributed by atoms with E-state index in [0.717, 1.165) is 30.3 Å². The Hall–Kier alpha value is -4.55. The maximum absolute atomic E-state index is 13.2. The van der Waals surface area contributed by atoms with Gasteiger partial charge in [0.25, 0.3) is 5.56 Å². The molecule has 1 saturated carbocycles. The lowest BCUT2D eigenvalue weighted by Crippen LogP contribution is -2.25. The SMILES string of the molecule is CCn1cc(C(F)(F)F)nc1-c1ccc(C(C)n2c(=O)ccn3nc(-c4c(OC)ncnc4C4CC4)nc23)cc1. The zero-order chi connectivity index (χ0) is 28.2. The molecule has 5 aromatic rings. The molecule has 1 fully saturated rings. The predicted molar refractivity (Wildman–Crippen MR) is 139 cm³/mol. The number of aryl methyl sites for hydroxylation is 1. The second kappa shape index (κ2) is 9.57. The number of halogens is 3. The summed E-state index contributed by atoms with van der Waals surface area (Å²) in [6.07, 6.45) is 1.51. The molecule has 0 saturated heterocycles. The van der Waals surface area contributed by atoms with Crippen LogP contribution in [0.5, 0.6) is 5.88 Å². The minimum absolute atomic E-state index is 0.223. The second-order valence-corrected chi connectivity index (χ2v) is 9.65. The Kier molecular flexibility index (Phi) is 6.15. The van der Waals surface area contributed by atoms with Crippen molar-refractivity contribution < 1.29 is 17.9 Å². The van der Waals surface area contributed by atoms with Crippen LogP contribution >= 0.6 is 0 Å². The van der Waals surface area contributed by atoms with Gasteiger partial charge in [0.2, 0.25) is 11.7 Å². The summed E-state index contributed by atoms with van der Waals surface area (Å²) in [6, 6.07) is 7.90. The van der Waals surface area contributed by atoms with Crippen LogP contribution in [0.15, 0.2) is 53.8 Å². The van der Waals surface area contributed by atoms with Crippen LogP contribution in [0.4, 0.5) is 13.2 Å². The molecule has 10 nitrogen and oxygen atoms in total. The summed E-state index contributed by atoms with van der Waals surface area (Å²) in [5.74, 6) is 1.55. The van der Waals surface area contributed by atoms with Gasteiger partial charge in [-0.05, 0) is 32.3 Å². The van der Waals surface area contributed by atoms with E-state index in [1.54, 1.807) is 37.4 Å². The van der Waals surface area contributed by atoms with Crippen molar-refractivity contribution in [1.29, 1.82) is 0 Å². The average Bonchev–Trinajstić information content (AvgIpc) is 3.55. The lowest BCUT2D eigenvalue weighted by molar-refractivity contribution is -0.140. The number of hydrogen-bond donors (Lipinski definition) is 0. The fraction of sp³-hybridized carbons (Fsp3) is 0.333. The third-order valence-electron chi connectivity index (χ3n) is 7.09. The zero-order valence-electron chi connectivity index (χ0n) is 21.9. The second-order valence-electron chi connectivity index (χ2n) is 9.65. The van der Waals surface area contributed by atoms with Gasteiger partial charge in [0.1, 0.15) is 17.7 Å². The maximum Gasteiger partial charge on any atom is 0.434 e. The van der Waals surface area contributed by atoms with Crippen LogP contribution in [-0.4, -0.2) is 45.8 Å². The summed E-state index contributed by atoms with van der Waals surface area (Å²) >= 11 is 0. The van der Waals surface area contributed by atoms with Gasteiger partial charge in [-0.15, -0.1) is 5.10 Å². The lowest BCUT2D eigenvalue weighted by Gasteiger charge is -2.16. The molecule has 0 aliphatic heterocycles. The maximum atomic E-state index is 13.2. The number of alkyl halides is 3. The largest absolute Gasteiger partial charge is 0.480 e. The molecule has 1 aromatic carbocycles. The Morgan fingerprint density at radius 1 is 1.10 bits per heavy atom. The highest BCUT2D eigenvalue weighted by atomic mass is 19.4. The van der Waals surface area contributed by atoms with Crippen LogP contribution < -0.4 is 10.3 Å². The molecule has 206 valence electrons. The van der Waals surface area contributed by atoms with Crippen LogP contribution in [0, 0.1) is 0 Å². The van der Waals surface area contributed by atoms with Crippen molar-refractivity contribution in [2.45, 2.75) is 51.4 Å². The fourth-order valence-electron chi connectivity index (χ4n) is 4.86. The van der Waals surface area contributed by atoms with E-state index in [1.165, 1.54) is 33.2 Å². The molecular formula is C27H25F3N8O2. The molecule has 0 bridgehead atoms. The van der Waals surface area contributed by atoms with Crippen molar-refractivity contribution in [3.05, 3.63) is 76.4 Å². The number of hydrogen-bond acceptors (Lipinski definition) is 7. The number of ether oxygens (including phenoxy) is 1. The third-order valence-corrected chi connectivity index (χ3v) is 7.09. The third kappa shape index (κ3) is 4.40. The first-order valence-corrected chi connectivity index (χ1v) is 12.8. The summed E-state index contributed by atoms with van der Waals surface area (Å²) < 4.78 is 49.7. The van der Waals surface area contributed by atoms with Gasteiger partial charge in [-0.2, -0.15) is 18.2 Å². The Bertz CT molecular complexity index is 1770. The van der Waals surface area contributed by atoms with Crippen molar-refractivity contribution in [2.24, 2.45) is 0 Å². The molecule has 0 radical (unpaired) electrons. The first-order chi connectivity index (χ1) is 19.2. The van der Waals surface area contributed by atoms with Crippen molar-refractivity contribution in [3.63, 3.8) is 0 Å². The molecule has 0 amide bonds. The monoisotopic (exact) mass is 550 g/mol. The predicted octanol–water partition coefficient (Wildman–Crippen LogP) is 4.75. The van der Waals surface area contributed by atoms with Gasteiger partial charge < -0.3 is 9.30 Å². The van der Waals surface area contributed by atoms with Gasteiger partial charge in [-0.25, -0.2) is 19.5 Å². The van der Waals surface area contributed by atoms with E-state index in [1.807, 2.05) is 6.92 Å². The van der Waals surface area contributed by atoms with E-state index >= 15 is 0 Å². The van der Waals surface area contributed by atoms with Crippen molar-refractivity contribution in [1.82, 2.24) is 38.7 Å². The van der Waals surface area contributed by atoms with Crippen LogP contribution in [-0.2, 0) is 12.7 Å². The van der Waals surface area contributed by atoms with Gasteiger partial charge in [-0.3, -0.25) is 9.36 Å². The molecule has 40 heavy (non-hydrogen) atoms. The summed E-state index contributed by atoms with van der Waals surface area (Å²) in [5.41, 5.74) is 1.50. The highest BCUT2D eigenvalue weighted by Gasteiger charge is 2.35. The molecule has 0 spiro atoms. The van der Waals surface area contributed by atoms with Gasteiger partial charge in [0.15, 0.2) is 11.5 Å². The van der Waals surface area contributed by atoms with Gasteiger partial charge in [0.05, 0.1) is 18.8 Å². The molecule has 0 N–H and O–H groups in total. The minimum atomic E-state index is -4.53. The van der Waals surface area contributed by atoms with Gasteiger partial charge in [-0.1, -0.05) is 24.3 Å². The summed E-state index contributed by atoms with van der Waals surface area (Å²) in [7, 11) is 1.52. The number of methoxy groups -OCH3 is 1. The number of aromatic nitrogens is 8. The standard InChI is InChI=1S/C27H25F3N8O2/c1-4-36-13-19(27(28,29)30)33-24(36)18-9-5-16(6-10-18)15(2)38-20(39)11-12-37-26(38)34-23(35-37)21-22(17-7-8-17)31-14-32-25(21)40-3/h5-6,9-15,17H,4,7-8H2,1-3H3. The number of imidazole rings is 1. The highest BCUT2D eigenvalue weighted by Crippen LogP contribution is 2.45. The molecule has 13 heteroatoms. The number of nitrogens with zero attached hydrogens (tertiary/aromatic N) is 8. The first-order valence-electron chi connectivity index (χ1n) is 12.8. The van der Waals surface area contributed by atoms with Crippen LogP contribution in [0.25, 0.3) is 28.6 Å². The van der Waals surface area contributed by atoms with Crippen molar-refractivity contribution in [2.75, 3.05) is 7.11 Å². The van der Waals surface area contributed by atoms with E-state index in [2.05, 4.69) is 20.1 Å². The molecule has 1 aliphatic rings. The van der Waals surface area contributed by atoms with Crippen LogP contribution in [0.2, 0.25) is 0 Å². The van der Waals surface area contributed by atoms with Gasteiger partial charge >= 0.3 is 6.18 Å². The van der Waals surface area contributed by atoms with Crippen LogP contribution in [0.1, 0.15) is 55.6 Å². The average molecular weight is 551 g/mol. The molecule has 6 rings (SSSR count). The summed E-state index contributed by atoms with van der Waals surface area (Å²) in [5, 5.41) is 4.62. The Morgan fingerprint density at radius 3 is 2.50 bits per heavy atom. The van der Waals surface area contributed by atoms with E-state index in [-0.39, 0.29) is 17.3 Å². The molecule has 1 unspecified atom stereocenters. The number of rotatable bonds is 7. The minimum Gasteiger partial charge on any atom is -0.480 e. The van der Waals surface area contributed by atoms with E-state index in [0.29, 0.717) is 35.2 Å². The van der Waals surface area contributed by atoms with Crippen LogP contribution in [0.3, 0.4) is 0 Å². The summed E-state index contributed by atoms with van der Waals surface area (Å²) in [6.45, 7) is 3.94. The Morgan fingerprint density at radius 2 is 1.85 bits per heavy atom. The molecule has 1 aliphatic carbocycles. The molecule has 4 aromatic heterocycles. The topological polar surface area (TPSA) is 105 Å². The van der Waals surface area contributed by atoms with Crippen molar-refractivity contribution >= 4 is 5.78 Å². The fourth-order valence-corrected chi connectivity index (χ4v) is 4.86.